The summed E-state index contributed by atoms with van der Waals surface area (Å²) in [6.07, 6.45) is 1.46. The summed E-state index contributed by atoms with van der Waals surface area (Å²) in [6, 6.07) is 19.3. The lowest BCUT2D eigenvalue weighted by atomic mass is 10.2. The maximum absolute atomic E-state index is 12.8. The normalized spacial score (nSPS) is 10.4. The molecule has 9 nitrogen and oxygen atoms in total. The number of nitrogens with one attached hydrogen (secondary N) is 1. The lowest BCUT2D eigenvalue weighted by Crippen LogP contribution is -2.12. The molecule has 1 heterocycles. The highest BCUT2D eigenvalue weighted by Crippen LogP contribution is 2.34. The molecule has 0 saturated carbocycles. The van der Waals surface area contributed by atoms with Gasteiger partial charge in [0.15, 0.2) is 11.5 Å². The Morgan fingerprint density at radius 1 is 0.903 bits per heavy atom. The molecule has 0 spiro atoms. The Kier molecular flexibility index (Phi) is 5.75. The van der Waals surface area contributed by atoms with Crippen LogP contribution in [0.15, 0.2) is 73.1 Å². The highest BCUT2D eigenvalue weighted by Gasteiger charge is 2.12. The molecule has 0 saturated heterocycles. The van der Waals surface area contributed by atoms with Crippen LogP contribution in [-0.4, -0.2) is 40.3 Å². The van der Waals surface area contributed by atoms with E-state index in [9.17, 15) is 4.79 Å². The van der Waals surface area contributed by atoms with Crippen molar-refractivity contribution in [2.45, 2.75) is 0 Å². The third-order valence-corrected chi connectivity index (χ3v) is 4.43. The minimum absolute atomic E-state index is 0.282. The summed E-state index contributed by atoms with van der Waals surface area (Å²) in [4.78, 5) is 12.8. The number of carbonyl (C=O) groups is 1. The molecule has 0 aliphatic heterocycles. The summed E-state index contributed by atoms with van der Waals surface area (Å²) in [7, 11) is 3.16. The number of ether oxygens (including phenoxy) is 3. The summed E-state index contributed by atoms with van der Waals surface area (Å²) in [5.41, 5.74) is 1.69. The van der Waals surface area contributed by atoms with Crippen LogP contribution in [0.5, 0.6) is 23.0 Å². The largest absolute Gasteiger partial charge is 0.497 e. The second-order valence-corrected chi connectivity index (χ2v) is 6.40. The molecule has 156 valence electrons. The summed E-state index contributed by atoms with van der Waals surface area (Å²) in [6.45, 7) is 0. The first-order valence-corrected chi connectivity index (χ1v) is 9.31. The van der Waals surface area contributed by atoms with Crippen LogP contribution in [0.3, 0.4) is 0 Å². The first kappa shape index (κ1) is 19.9. The predicted octanol–water partition coefficient (Wildman–Crippen LogP) is 3.72. The summed E-state index contributed by atoms with van der Waals surface area (Å²) in [5.74, 6) is 2.05. The summed E-state index contributed by atoms with van der Waals surface area (Å²) in [5, 5.41) is 13.9. The number of anilines is 1. The lowest BCUT2D eigenvalue weighted by Gasteiger charge is -2.13. The quantitative estimate of drug-likeness (QED) is 0.489. The fourth-order valence-electron chi connectivity index (χ4n) is 2.88. The maximum atomic E-state index is 12.8. The molecular weight excluding hydrogens is 398 g/mol. The Bertz CT molecular complexity index is 1180. The van der Waals surface area contributed by atoms with E-state index in [2.05, 4.69) is 20.8 Å². The van der Waals surface area contributed by atoms with Crippen LogP contribution in [0, 0.1) is 0 Å². The van der Waals surface area contributed by atoms with Crippen molar-refractivity contribution in [3.63, 3.8) is 0 Å². The Morgan fingerprint density at radius 2 is 1.71 bits per heavy atom. The van der Waals surface area contributed by atoms with Crippen LogP contribution in [0.25, 0.3) is 5.69 Å². The van der Waals surface area contributed by atoms with Crippen LogP contribution in [0.2, 0.25) is 0 Å². The number of aromatic nitrogens is 4. The predicted molar refractivity (Wildman–Crippen MR) is 113 cm³/mol. The Balaban J connectivity index is 1.54. The van der Waals surface area contributed by atoms with Crippen LogP contribution in [0.4, 0.5) is 5.69 Å². The van der Waals surface area contributed by atoms with Gasteiger partial charge in [-0.05, 0) is 65.0 Å². The second-order valence-electron chi connectivity index (χ2n) is 6.40. The third-order valence-electron chi connectivity index (χ3n) is 4.43. The highest BCUT2D eigenvalue weighted by molar-refractivity contribution is 6.04. The van der Waals surface area contributed by atoms with E-state index in [0.717, 1.165) is 5.75 Å². The number of nitrogens with zero attached hydrogens (tertiary/aromatic N) is 4. The average molecular weight is 417 g/mol. The van der Waals surface area contributed by atoms with Crippen molar-refractivity contribution in [1.82, 2.24) is 20.2 Å². The molecule has 4 aromatic rings. The zero-order valence-corrected chi connectivity index (χ0v) is 16.9. The van der Waals surface area contributed by atoms with Crippen molar-refractivity contribution in [1.29, 1.82) is 0 Å². The number of hydrogen-bond acceptors (Lipinski definition) is 7. The fraction of sp³-hybridized carbons (Fsp3) is 0.0909. The van der Waals surface area contributed by atoms with Gasteiger partial charge < -0.3 is 19.5 Å². The molecule has 1 amide bonds. The number of benzene rings is 3. The number of tetrazole rings is 1. The zero-order chi connectivity index (χ0) is 21.6. The summed E-state index contributed by atoms with van der Waals surface area (Å²) >= 11 is 0. The van der Waals surface area contributed by atoms with E-state index in [1.54, 1.807) is 80.9 Å². The van der Waals surface area contributed by atoms with Gasteiger partial charge in [-0.2, -0.15) is 0 Å². The number of hydrogen-bond donors (Lipinski definition) is 1. The molecule has 4 rings (SSSR count). The molecule has 0 atom stereocenters. The number of methoxy groups -OCH3 is 2. The molecular formula is C22H19N5O4. The number of amides is 1. The van der Waals surface area contributed by atoms with E-state index in [0.29, 0.717) is 34.2 Å². The molecule has 9 heteroatoms. The summed E-state index contributed by atoms with van der Waals surface area (Å²) < 4.78 is 18.0. The smallest absolute Gasteiger partial charge is 0.255 e. The second kappa shape index (κ2) is 8.95. The minimum atomic E-state index is -0.282. The van der Waals surface area contributed by atoms with E-state index in [4.69, 9.17) is 14.2 Å². The van der Waals surface area contributed by atoms with Gasteiger partial charge in [-0.1, -0.05) is 6.07 Å². The monoisotopic (exact) mass is 417 g/mol. The molecule has 0 aliphatic rings. The maximum Gasteiger partial charge on any atom is 0.255 e. The van der Waals surface area contributed by atoms with Crippen molar-refractivity contribution >= 4 is 11.6 Å². The Morgan fingerprint density at radius 3 is 2.42 bits per heavy atom. The third kappa shape index (κ3) is 4.61. The molecule has 0 radical (unpaired) electrons. The molecule has 0 fully saturated rings. The molecule has 1 N–H and O–H groups in total. The molecule has 0 aliphatic carbocycles. The molecule has 3 aromatic carbocycles. The molecule has 0 bridgehead atoms. The van der Waals surface area contributed by atoms with Gasteiger partial charge in [-0.25, -0.2) is 4.68 Å². The molecule has 1 aromatic heterocycles. The van der Waals surface area contributed by atoms with Crippen molar-refractivity contribution in [3.05, 3.63) is 78.6 Å². The number of rotatable bonds is 7. The molecule has 0 unspecified atom stereocenters. The van der Waals surface area contributed by atoms with Gasteiger partial charge in [-0.3, -0.25) is 4.79 Å². The van der Waals surface area contributed by atoms with Gasteiger partial charge in [0.1, 0.15) is 17.8 Å². The van der Waals surface area contributed by atoms with E-state index < -0.39 is 0 Å². The van der Waals surface area contributed by atoms with Crippen molar-refractivity contribution in [2.24, 2.45) is 0 Å². The van der Waals surface area contributed by atoms with E-state index in [1.165, 1.54) is 11.0 Å². The topological polar surface area (TPSA) is 100 Å². The van der Waals surface area contributed by atoms with E-state index >= 15 is 0 Å². The van der Waals surface area contributed by atoms with Gasteiger partial charge in [-0.15, -0.1) is 5.10 Å². The SMILES string of the molecule is COc1ccc(Oc2cc(NC(=O)c3cccc(-n4cnnn4)c3)ccc2OC)cc1. The van der Waals surface area contributed by atoms with Crippen LogP contribution >= 0.6 is 0 Å². The molecule has 31 heavy (non-hydrogen) atoms. The van der Waals surface area contributed by atoms with Gasteiger partial charge in [0.05, 0.1) is 19.9 Å². The fourth-order valence-corrected chi connectivity index (χ4v) is 2.88. The first-order chi connectivity index (χ1) is 15.2. The van der Waals surface area contributed by atoms with E-state index in [-0.39, 0.29) is 5.91 Å². The van der Waals surface area contributed by atoms with Gasteiger partial charge in [0.25, 0.3) is 5.91 Å². The zero-order valence-electron chi connectivity index (χ0n) is 16.9. The first-order valence-electron chi connectivity index (χ1n) is 9.31. The van der Waals surface area contributed by atoms with Crippen molar-refractivity contribution in [3.8, 4) is 28.7 Å². The lowest BCUT2D eigenvalue weighted by molar-refractivity contribution is 0.102. The van der Waals surface area contributed by atoms with Crippen molar-refractivity contribution < 1.29 is 19.0 Å². The highest BCUT2D eigenvalue weighted by atomic mass is 16.5. The van der Waals surface area contributed by atoms with Gasteiger partial charge in [0, 0.05) is 17.3 Å². The standard InChI is InChI=1S/C22H19N5O4/c1-29-18-7-9-19(10-8-18)31-21-13-16(6-11-20(21)30-2)24-22(28)15-4-3-5-17(12-15)27-14-23-25-26-27/h3-14H,1-2H3,(H,24,28). The van der Waals surface area contributed by atoms with Gasteiger partial charge >= 0.3 is 0 Å². The Hall–Kier alpha value is -4.40. The average Bonchev–Trinajstić information content (AvgIpc) is 3.35. The van der Waals surface area contributed by atoms with Crippen LogP contribution in [0.1, 0.15) is 10.4 Å². The minimum Gasteiger partial charge on any atom is -0.497 e. The Labute approximate surface area is 178 Å². The van der Waals surface area contributed by atoms with Crippen molar-refractivity contribution in [2.75, 3.05) is 19.5 Å². The van der Waals surface area contributed by atoms with E-state index in [1.807, 2.05) is 0 Å². The van der Waals surface area contributed by atoms with Crippen LogP contribution < -0.4 is 19.5 Å². The van der Waals surface area contributed by atoms with Gasteiger partial charge in [0.2, 0.25) is 0 Å². The number of carbonyl (C=O) groups excluding carboxylic acids is 1. The van der Waals surface area contributed by atoms with Crippen LogP contribution in [-0.2, 0) is 0 Å².